The lowest BCUT2D eigenvalue weighted by molar-refractivity contribution is 0.354. The highest BCUT2D eigenvalue weighted by Crippen LogP contribution is 2.30. The summed E-state index contributed by atoms with van der Waals surface area (Å²) in [5.41, 5.74) is 2.60. The second-order valence-electron chi connectivity index (χ2n) is 4.67. The number of rotatable bonds is 6. The zero-order valence-corrected chi connectivity index (χ0v) is 13.2. The van der Waals surface area contributed by atoms with Crippen molar-refractivity contribution in [1.82, 2.24) is 5.32 Å². The molecule has 1 aromatic heterocycles. The summed E-state index contributed by atoms with van der Waals surface area (Å²) < 4.78 is 10.6. The molecule has 108 valence electrons. The SMILES string of the molecule is CNC(Cc1ccc(OC)c(OC)c1)c1ccsc1C. The molecule has 4 heteroatoms. The van der Waals surface area contributed by atoms with Crippen molar-refractivity contribution in [3.63, 3.8) is 0 Å². The molecule has 1 unspecified atom stereocenters. The Morgan fingerprint density at radius 1 is 1.15 bits per heavy atom. The molecule has 1 heterocycles. The largest absolute Gasteiger partial charge is 0.493 e. The summed E-state index contributed by atoms with van der Waals surface area (Å²) >= 11 is 1.79. The summed E-state index contributed by atoms with van der Waals surface area (Å²) in [5.74, 6) is 1.55. The van der Waals surface area contributed by atoms with Crippen LogP contribution in [0.25, 0.3) is 0 Å². The number of thiophene rings is 1. The second kappa shape index (κ2) is 6.77. The summed E-state index contributed by atoms with van der Waals surface area (Å²) in [7, 11) is 5.32. The summed E-state index contributed by atoms with van der Waals surface area (Å²) in [4.78, 5) is 1.37. The van der Waals surface area contributed by atoms with Gasteiger partial charge in [-0.2, -0.15) is 0 Å². The highest BCUT2D eigenvalue weighted by atomic mass is 32.1. The Labute approximate surface area is 124 Å². The summed E-state index contributed by atoms with van der Waals surface area (Å²) in [6.45, 7) is 2.17. The predicted octanol–water partition coefficient (Wildman–Crippen LogP) is 3.58. The van der Waals surface area contributed by atoms with Crippen LogP contribution in [-0.2, 0) is 6.42 Å². The maximum absolute atomic E-state index is 5.36. The molecule has 0 radical (unpaired) electrons. The third kappa shape index (κ3) is 3.14. The van der Waals surface area contributed by atoms with Crippen LogP contribution in [0.3, 0.4) is 0 Å². The fourth-order valence-electron chi connectivity index (χ4n) is 2.37. The van der Waals surface area contributed by atoms with Crippen LogP contribution in [0, 0.1) is 6.92 Å². The van der Waals surface area contributed by atoms with Crippen LogP contribution in [0.1, 0.15) is 22.0 Å². The lowest BCUT2D eigenvalue weighted by Gasteiger charge is -2.17. The molecule has 0 aliphatic rings. The number of methoxy groups -OCH3 is 2. The Hall–Kier alpha value is -1.52. The van der Waals surface area contributed by atoms with Gasteiger partial charge in [-0.1, -0.05) is 6.07 Å². The number of hydrogen-bond acceptors (Lipinski definition) is 4. The van der Waals surface area contributed by atoms with E-state index in [1.165, 1.54) is 16.0 Å². The van der Waals surface area contributed by atoms with Crippen LogP contribution in [0.5, 0.6) is 11.5 Å². The maximum atomic E-state index is 5.36. The Morgan fingerprint density at radius 2 is 1.90 bits per heavy atom. The minimum absolute atomic E-state index is 0.319. The van der Waals surface area contributed by atoms with Crippen molar-refractivity contribution in [1.29, 1.82) is 0 Å². The van der Waals surface area contributed by atoms with Gasteiger partial charge in [0.05, 0.1) is 14.2 Å². The minimum atomic E-state index is 0.319. The number of ether oxygens (including phenoxy) is 2. The maximum Gasteiger partial charge on any atom is 0.160 e. The molecular weight excluding hydrogens is 270 g/mol. The summed E-state index contributed by atoms with van der Waals surface area (Å²) in [5, 5.41) is 5.54. The number of aryl methyl sites for hydroxylation is 1. The van der Waals surface area contributed by atoms with Crippen molar-refractivity contribution < 1.29 is 9.47 Å². The van der Waals surface area contributed by atoms with Gasteiger partial charge in [0.25, 0.3) is 0 Å². The van der Waals surface area contributed by atoms with E-state index in [-0.39, 0.29) is 0 Å². The first-order chi connectivity index (χ1) is 9.69. The highest BCUT2D eigenvalue weighted by Gasteiger charge is 2.14. The molecule has 0 bridgehead atoms. The topological polar surface area (TPSA) is 30.5 Å². The van der Waals surface area contributed by atoms with E-state index in [1.54, 1.807) is 25.6 Å². The molecule has 1 aromatic carbocycles. The zero-order valence-electron chi connectivity index (χ0n) is 12.4. The summed E-state index contributed by atoms with van der Waals surface area (Å²) in [6, 6.07) is 8.61. The van der Waals surface area contributed by atoms with E-state index in [0.29, 0.717) is 6.04 Å². The second-order valence-corrected chi connectivity index (χ2v) is 5.79. The van der Waals surface area contributed by atoms with E-state index in [1.807, 2.05) is 19.2 Å². The van der Waals surface area contributed by atoms with Crippen molar-refractivity contribution in [2.24, 2.45) is 0 Å². The normalized spacial score (nSPS) is 12.2. The molecule has 0 aliphatic carbocycles. The fraction of sp³-hybridized carbons (Fsp3) is 0.375. The van der Waals surface area contributed by atoms with Gasteiger partial charge in [0.1, 0.15) is 0 Å². The van der Waals surface area contributed by atoms with Gasteiger partial charge in [0.2, 0.25) is 0 Å². The van der Waals surface area contributed by atoms with Gasteiger partial charge in [-0.05, 0) is 55.1 Å². The molecule has 1 atom stereocenters. The fourth-order valence-corrected chi connectivity index (χ4v) is 3.13. The molecule has 0 saturated carbocycles. The van der Waals surface area contributed by atoms with Gasteiger partial charge in [0.15, 0.2) is 11.5 Å². The van der Waals surface area contributed by atoms with Crippen LogP contribution in [-0.4, -0.2) is 21.3 Å². The van der Waals surface area contributed by atoms with Crippen LogP contribution >= 0.6 is 11.3 Å². The third-order valence-corrected chi connectivity index (χ3v) is 4.37. The van der Waals surface area contributed by atoms with Crippen LogP contribution in [0.4, 0.5) is 0 Å². The van der Waals surface area contributed by atoms with Gasteiger partial charge in [-0.15, -0.1) is 11.3 Å². The van der Waals surface area contributed by atoms with Crippen molar-refractivity contribution in [3.8, 4) is 11.5 Å². The first kappa shape index (κ1) is 14.9. The van der Waals surface area contributed by atoms with Crippen molar-refractivity contribution in [2.45, 2.75) is 19.4 Å². The van der Waals surface area contributed by atoms with Crippen LogP contribution < -0.4 is 14.8 Å². The lowest BCUT2D eigenvalue weighted by Crippen LogP contribution is -2.19. The summed E-state index contributed by atoms with van der Waals surface area (Å²) in [6.07, 6.45) is 0.925. The number of likely N-dealkylation sites (N-methyl/N-ethyl adjacent to an activating group) is 1. The first-order valence-electron chi connectivity index (χ1n) is 6.61. The molecule has 2 aromatic rings. The molecule has 0 saturated heterocycles. The van der Waals surface area contributed by atoms with Gasteiger partial charge in [0, 0.05) is 10.9 Å². The lowest BCUT2D eigenvalue weighted by atomic mass is 9.99. The van der Waals surface area contributed by atoms with Crippen molar-refractivity contribution in [2.75, 3.05) is 21.3 Å². The van der Waals surface area contributed by atoms with Crippen LogP contribution in [0.2, 0.25) is 0 Å². The molecule has 0 fully saturated rings. The van der Waals surface area contributed by atoms with E-state index in [9.17, 15) is 0 Å². The Kier molecular flexibility index (Phi) is 5.04. The third-order valence-electron chi connectivity index (χ3n) is 3.51. The first-order valence-corrected chi connectivity index (χ1v) is 7.49. The zero-order chi connectivity index (χ0) is 14.5. The molecule has 3 nitrogen and oxygen atoms in total. The van der Waals surface area contributed by atoms with Gasteiger partial charge >= 0.3 is 0 Å². The van der Waals surface area contributed by atoms with E-state index in [2.05, 4.69) is 29.8 Å². The number of nitrogens with one attached hydrogen (secondary N) is 1. The van der Waals surface area contributed by atoms with Gasteiger partial charge in [-0.3, -0.25) is 0 Å². The molecule has 0 spiro atoms. The van der Waals surface area contributed by atoms with Crippen molar-refractivity contribution >= 4 is 11.3 Å². The minimum Gasteiger partial charge on any atom is -0.493 e. The van der Waals surface area contributed by atoms with Gasteiger partial charge in [-0.25, -0.2) is 0 Å². The monoisotopic (exact) mass is 291 g/mol. The van der Waals surface area contributed by atoms with Crippen molar-refractivity contribution in [3.05, 3.63) is 45.6 Å². The van der Waals surface area contributed by atoms with Gasteiger partial charge < -0.3 is 14.8 Å². The van der Waals surface area contributed by atoms with Crippen LogP contribution in [0.15, 0.2) is 29.6 Å². The van der Waals surface area contributed by atoms with E-state index >= 15 is 0 Å². The molecule has 2 rings (SSSR count). The molecule has 1 N–H and O–H groups in total. The number of hydrogen-bond donors (Lipinski definition) is 1. The predicted molar refractivity (Wildman–Crippen MR) is 84.1 cm³/mol. The highest BCUT2D eigenvalue weighted by molar-refractivity contribution is 7.10. The smallest absolute Gasteiger partial charge is 0.160 e. The standard InChI is InChI=1S/C16H21NO2S/c1-11-13(7-8-20-11)14(17-2)9-12-5-6-15(18-3)16(10-12)19-4/h5-8,10,14,17H,9H2,1-4H3. The van der Waals surface area contributed by atoms with E-state index in [0.717, 1.165) is 17.9 Å². The molecule has 0 aliphatic heterocycles. The van der Waals surface area contributed by atoms with E-state index in [4.69, 9.17) is 9.47 Å². The average Bonchev–Trinajstić information content (AvgIpc) is 2.90. The van der Waals surface area contributed by atoms with E-state index < -0.39 is 0 Å². The Morgan fingerprint density at radius 3 is 2.45 bits per heavy atom. The number of benzene rings is 1. The Bertz CT molecular complexity index is 565. The molecule has 20 heavy (non-hydrogen) atoms. The molecular formula is C16H21NO2S. The Balaban J connectivity index is 2.22. The molecule has 0 amide bonds. The average molecular weight is 291 g/mol. The quantitative estimate of drug-likeness (QED) is 0.882.